The highest BCUT2D eigenvalue weighted by Crippen LogP contribution is 2.27. The molecule has 1 aliphatic carbocycles. The third-order valence-corrected chi connectivity index (χ3v) is 2.92. The molecule has 0 aromatic carbocycles. The van der Waals surface area contributed by atoms with Crippen molar-refractivity contribution >= 4 is 11.9 Å². The Morgan fingerprint density at radius 3 is 2.71 bits per heavy atom. The van der Waals surface area contributed by atoms with Crippen molar-refractivity contribution in [2.24, 2.45) is 11.7 Å². The molecule has 14 heavy (non-hydrogen) atoms. The molecule has 1 saturated carbocycles. The molecule has 2 atom stereocenters. The number of aliphatic carboxylic acids is 1. The number of nitrogens with two attached hydrogens (primary N) is 1. The van der Waals surface area contributed by atoms with Crippen LogP contribution in [-0.4, -0.2) is 35.0 Å². The van der Waals surface area contributed by atoms with Gasteiger partial charge in [0, 0.05) is 13.1 Å². The Kier molecular flexibility index (Phi) is 3.33. The summed E-state index contributed by atoms with van der Waals surface area (Å²) in [7, 11) is 1.75. The molecule has 0 aromatic heterocycles. The molecule has 5 nitrogen and oxygen atoms in total. The summed E-state index contributed by atoms with van der Waals surface area (Å²) < 4.78 is 0. The number of carbonyl (C=O) groups is 1. The highest BCUT2D eigenvalue weighted by molar-refractivity contribution is 5.75. The van der Waals surface area contributed by atoms with Crippen LogP contribution in [0.1, 0.15) is 25.7 Å². The van der Waals surface area contributed by atoms with Gasteiger partial charge in [0.15, 0.2) is 5.96 Å². The van der Waals surface area contributed by atoms with E-state index in [0.717, 1.165) is 19.3 Å². The van der Waals surface area contributed by atoms with Crippen LogP contribution >= 0.6 is 0 Å². The summed E-state index contributed by atoms with van der Waals surface area (Å²) in [6, 6.07) is 0.113. The molecule has 80 valence electrons. The zero-order valence-corrected chi connectivity index (χ0v) is 8.36. The molecule has 1 aliphatic rings. The van der Waals surface area contributed by atoms with Gasteiger partial charge in [-0.15, -0.1) is 0 Å². The van der Waals surface area contributed by atoms with E-state index in [0.29, 0.717) is 6.42 Å². The van der Waals surface area contributed by atoms with Gasteiger partial charge in [-0.2, -0.15) is 0 Å². The summed E-state index contributed by atoms with van der Waals surface area (Å²) in [4.78, 5) is 12.5. The van der Waals surface area contributed by atoms with E-state index in [2.05, 4.69) is 0 Å². The summed E-state index contributed by atoms with van der Waals surface area (Å²) in [5.41, 5.74) is 5.35. The second-order valence-electron chi connectivity index (χ2n) is 3.85. The predicted octanol–water partition coefficient (Wildman–Crippen LogP) is 0.455. The van der Waals surface area contributed by atoms with Crippen LogP contribution in [0.15, 0.2) is 0 Å². The van der Waals surface area contributed by atoms with Gasteiger partial charge in [0.2, 0.25) is 0 Å². The first kappa shape index (κ1) is 10.8. The number of nitrogens with zero attached hydrogens (tertiary/aromatic N) is 1. The molecule has 4 N–H and O–H groups in total. The maximum atomic E-state index is 10.8. The third-order valence-electron chi connectivity index (χ3n) is 2.92. The molecule has 0 spiro atoms. The van der Waals surface area contributed by atoms with Gasteiger partial charge in [-0.05, 0) is 19.3 Å². The first-order valence-corrected chi connectivity index (χ1v) is 4.82. The van der Waals surface area contributed by atoms with Crippen molar-refractivity contribution in [2.45, 2.75) is 31.7 Å². The number of carboxylic acid groups (broad SMARTS) is 1. The van der Waals surface area contributed by atoms with Crippen LogP contribution in [0.25, 0.3) is 0 Å². The Balaban J connectivity index is 2.55. The molecule has 0 amide bonds. The summed E-state index contributed by atoms with van der Waals surface area (Å²) >= 11 is 0. The van der Waals surface area contributed by atoms with Crippen LogP contribution in [0, 0.1) is 11.3 Å². The van der Waals surface area contributed by atoms with E-state index in [-0.39, 0.29) is 17.9 Å². The lowest BCUT2D eigenvalue weighted by Crippen LogP contribution is -2.44. The topological polar surface area (TPSA) is 90.4 Å². The minimum Gasteiger partial charge on any atom is -0.481 e. The molecular weight excluding hydrogens is 182 g/mol. The van der Waals surface area contributed by atoms with Gasteiger partial charge < -0.3 is 15.7 Å². The van der Waals surface area contributed by atoms with Crippen molar-refractivity contribution in [3.05, 3.63) is 0 Å². The molecule has 2 unspecified atom stereocenters. The quantitative estimate of drug-likeness (QED) is 0.445. The average Bonchev–Trinajstić information content (AvgIpc) is 2.16. The summed E-state index contributed by atoms with van der Waals surface area (Å²) in [5, 5.41) is 16.1. The first-order chi connectivity index (χ1) is 6.52. The third kappa shape index (κ3) is 2.37. The second kappa shape index (κ2) is 4.30. The van der Waals surface area contributed by atoms with Crippen LogP contribution in [0.2, 0.25) is 0 Å². The van der Waals surface area contributed by atoms with E-state index in [9.17, 15) is 4.79 Å². The van der Waals surface area contributed by atoms with Crippen LogP contribution < -0.4 is 5.73 Å². The average molecular weight is 199 g/mol. The number of rotatable bonds is 2. The summed E-state index contributed by atoms with van der Waals surface area (Å²) in [6.45, 7) is 0. The van der Waals surface area contributed by atoms with E-state index < -0.39 is 5.97 Å². The molecule has 0 saturated heterocycles. The van der Waals surface area contributed by atoms with E-state index in [1.54, 1.807) is 11.9 Å². The van der Waals surface area contributed by atoms with Crippen LogP contribution in [0.3, 0.4) is 0 Å². The van der Waals surface area contributed by atoms with Gasteiger partial charge >= 0.3 is 5.97 Å². The molecule has 0 aromatic rings. The Bertz CT molecular complexity index is 230. The first-order valence-electron chi connectivity index (χ1n) is 4.82. The van der Waals surface area contributed by atoms with Gasteiger partial charge in [0.25, 0.3) is 0 Å². The monoisotopic (exact) mass is 199 g/mol. The van der Waals surface area contributed by atoms with Gasteiger partial charge in [-0.3, -0.25) is 10.2 Å². The standard InChI is InChI=1S/C9H17N3O2/c1-12(9(10)11)7-4-2-3-6(5-7)8(13)14/h6-7H,2-5H2,1H3,(H3,10,11)(H,13,14). The van der Waals surface area contributed by atoms with E-state index >= 15 is 0 Å². The fraction of sp³-hybridized carbons (Fsp3) is 0.778. The largest absolute Gasteiger partial charge is 0.481 e. The van der Waals surface area contributed by atoms with Gasteiger partial charge in [-0.25, -0.2) is 0 Å². The van der Waals surface area contributed by atoms with Crippen LogP contribution in [0.4, 0.5) is 0 Å². The lowest BCUT2D eigenvalue weighted by atomic mass is 9.85. The summed E-state index contributed by atoms with van der Waals surface area (Å²) in [6.07, 6.45) is 3.18. The Labute approximate surface area is 83.4 Å². The maximum absolute atomic E-state index is 10.8. The molecular formula is C9H17N3O2. The maximum Gasteiger partial charge on any atom is 0.306 e. The molecule has 5 heteroatoms. The highest BCUT2D eigenvalue weighted by atomic mass is 16.4. The molecule has 0 radical (unpaired) electrons. The molecule has 1 fully saturated rings. The van der Waals surface area contributed by atoms with Crippen molar-refractivity contribution in [1.29, 1.82) is 5.41 Å². The number of carboxylic acids is 1. The smallest absolute Gasteiger partial charge is 0.306 e. The van der Waals surface area contributed by atoms with Gasteiger partial charge in [0.1, 0.15) is 0 Å². The second-order valence-corrected chi connectivity index (χ2v) is 3.85. The fourth-order valence-corrected chi connectivity index (χ4v) is 1.94. The highest BCUT2D eigenvalue weighted by Gasteiger charge is 2.29. The van der Waals surface area contributed by atoms with Crippen LogP contribution in [-0.2, 0) is 4.79 Å². The minimum absolute atomic E-state index is 0.0149. The van der Waals surface area contributed by atoms with Crippen molar-refractivity contribution in [2.75, 3.05) is 7.05 Å². The Morgan fingerprint density at radius 2 is 2.21 bits per heavy atom. The summed E-state index contributed by atoms with van der Waals surface area (Å²) in [5.74, 6) is -0.983. The van der Waals surface area contributed by atoms with E-state index in [4.69, 9.17) is 16.2 Å². The Hall–Kier alpha value is -1.26. The SMILES string of the molecule is CN(C(=N)N)C1CCCC(C(=O)O)C1. The molecule has 0 aliphatic heterocycles. The number of guanidine groups is 1. The zero-order valence-electron chi connectivity index (χ0n) is 8.36. The lowest BCUT2D eigenvalue weighted by molar-refractivity contribution is -0.143. The van der Waals surface area contributed by atoms with Crippen molar-refractivity contribution in [3.8, 4) is 0 Å². The molecule has 0 bridgehead atoms. The van der Waals surface area contributed by atoms with E-state index in [1.807, 2.05) is 0 Å². The van der Waals surface area contributed by atoms with E-state index in [1.165, 1.54) is 0 Å². The van der Waals surface area contributed by atoms with Crippen molar-refractivity contribution < 1.29 is 9.90 Å². The lowest BCUT2D eigenvalue weighted by Gasteiger charge is -2.33. The van der Waals surface area contributed by atoms with Gasteiger partial charge in [0.05, 0.1) is 5.92 Å². The number of nitrogens with one attached hydrogen (secondary N) is 1. The van der Waals surface area contributed by atoms with Crippen molar-refractivity contribution in [3.63, 3.8) is 0 Å². The number of hydrogen-bond donors (Lipinski definition) is 3. The van der Waals surface area contributed by atoms with Crippen molar-refractivity contribution in [1.82, 2.24) is 4.90 Å². The normalized spacial score (nSPS) is 26.9. The number of hydrogen-bond acceptors (Lipinski definition) is 2. The fourth-order valence-electron chi connectivity index (χ4n) is 1.94. The van der Waals surface area contributed by atoms with Crippen LogP contribution in [0.5, 0.6) is 0 Å². The zero-order chi connectivity index (χ0) is 10.7. The predicted molar refractivity (Wildman–Crippen MR) is 53.1 cm³/mol. The molecule has 0 heterocycles. The van der Waals surface area contributed by atoms with Gasteiger partial charge in [-0.1, -0.05) is 6.42 Å². The Morgan fingerprint density at radius 1 is 1.57 bits per heavy atom. The minimum atomic E-state index is -0.730. The molecule has 1 rings (SSSR count).